The summed E-state index contributed by atoms with van der Waals surface area (Å²) in [5, 5.41) is 0. The van der Waals surface area contributed by atoms with Crippen LogP contribution >= 0.6 is 0 Å². The van der Waals surface area contributed by atoms with Crippen LogP contribution in [0, 0.1) is 5.92 Å². The molecule has 0 radical (unpaired) electrons. The Morgan fingerprint density at radius 2 is 2.00 bits per heavy atom. The maximum atomic E-state index is 5.49. The van der Waals surface area contributed by atoms with Gasteiger partial charge in [0, 0.05) is 5.56 Å². The van der Waals surface area contributed by atoms with Crippen LogP contribution in [0.5, 0.6) is 0 Å². The Morgan fingerprint density at radius 1 is 1.10 bits per heavy atom. The molecule has 2 aliphatic carbocycles. The van der Waals surface area contributed by atoms with Crippen molar-refractivity contribution in [3.63, 3.8) is 0 Å². The molecule has 0 saturated heterocycles. The van der Waals surface area contributed by atoms with E-state index in [1.54, 1.807) is 18.0 Å². The van der Waals surface area contributed by atoms with Crippen molar-refractivity contribution in [2.75, 3.05) is 0 Å². The first-order valence-corrected chi connectivity index (χ1v) is 7.64. The molecule has 2 heteroatoms. The summed E-state index contributed by atoms with van der Waals surface area (Å²) in [5.41, 5.74) is 5.52. The molecule has 1 heterocycles. The predicted octanol–water partition coefficient (Wildman–Crippen LogP) is 4.86. The zero-order valence-corrected chi connectivity index (χ0v) is 11.6. The number of nitrogens with zero attached hydrogens (tertiary/aromatic N) is 1. The Balaban J connectivity index is 1.71. The fourth-order valence-electron chi connectivity index (χ4n) is 3.67. The number of aromatic nitrogens is 1. The number of oxazole rings is 1. The second-order valence-electron chi connectivity index (χ2n) is 5.95. The summed E-state index contributed by atoms with van der Waals surface area (Å²) in [6, 6.07) is 6.48. The van der Waals surface area contributed by atoms with Crippen LogP contribution in [0.15, 0.2) is 40.6 Å². The summed E-state index contributed by atoms with van der Waals surface area (Å²) in [6.07, 6.45) is 13.8. The van der Waals surface area contributed by atoms with Crippen LogP contribution in [0.25, 0.3) is 17.5 Å². The highest BCUT2D eigenvalue weighted by Crippen LogP contribution is 2.40. The Hall–Kier alpha value is -1.83. The third-order valence-electron chi connectivity index (χ3n) is 4.71. The van der Waals surface area contributed by atoms with Gasteiger partial charge >= 0.3 is 0 Å². The number of hydrogen-bond acceptors (Lipinski definition) is 2. The zero-order valence-electron chi connectivity index (χ0n) is 11.6. The van der Waals surface area contributed by atoms with E-state index in [1.165, 1.54) is 43.2 Å². The highest BCUT2D eigenvalue weighted by Gasteiger charge is 2.24. The summed E-state index contributed by atoms with van der Waals surface area (Å²) >= 11 is 0. The fourth-order valence-corrected chi connectivity index (χ4v) is 3.67. The smallest absolute Gasteiger partial charge is 0.226 e. The minimum absolute atomic E-state index is 0.739. The van der Waals surface area contributed by atoms with E-state index in [9.17, 15) is 0 Å². The molecular formula is C18H19NO. The topological polar surface area (TPSA) is 26.0 Å². The van der Waals surface area contributed by atoms with Gasteiger partial charge in [0.05, 0.1) is 6.20 Å². The molecule has 0 N–H and O–H groups in total. The molecular weight excluding hydrogens is 246 g/mol. The second kappa shape index (κ2) is 4.93. The molecule has 1 fully saturated rings. The van der Waals surface area contributed by atoms with Crippen LogP contribution in [0.4, 0.5) is 0 Å². The Bertz CT molecular complexity index is 633. The van der Waals surface area contributed by atoms with Gasteiger partial charge in [0.1, 0.15) is 6.26 Å². The molecule has 0 atom stereocenters. The monoisotopic (exact) mass is 265 g/mol. The van der Waals surface area contributed by atoms with Crippen LogP contribution in [0.2, 0.25) is 0 Å². The van der Waals surface area contributed by atoms with Crippen LogP contribution < -0.4 is 0 Å². The summed E-state index contributed by atoms with van der Waals surface area (Å²) < 4.78 is 5.49. The lowest BCUT2D eigenvalue weighted by Gasteiger charge is -2.22. The average Bonchev–Trinajstić information content (AvgIpc) is 3.17. The molecule has 2 aliphatic rings. The van der Waals surface area contributed by atoms with Gasteiger partial charge < -0.3 is 4.42 Å². The van der Waals surface area contributed by atoms with Gasteiger partial charge in [-0.05, 0) is 42.4 Å². The van der Waals surface area contributed by atoms with E-state index in [0.29, 0.717) is 0 Å². The molecule has 0 unspecified atom stereocenters. The molecule has 0 aliphatic heterocycles. The van der Waals surface area contributed by atoms with Crippen molar-refractivity contribution in [3.05, 3.63) is 47.4 Å². The molecule has 2 nitrogen and oxygen atoms in total. The van der Waals surface area contributed by atoms with Crippen molar-refractivity contribution in [1.82, 2.24) is 4.98 Å². The Morgan fingerprint density at radius 3 is 2.80 bits per heavy atom. The number of rotatable bonds is 2. The predicted molar refractivity (Wildman–Crippen MR) is 80.2 cm³/mol. The minimum atomic E-state index is 0.739. The highest BCUT2D eigenvalue weighted by molar-refractivity contribution is 5.77. The summed E-state index contributed by atoms with van der Waals surface area (Å²) in [5.74, 6) is 1.54. The zero-order chi connectivity index (χ0) is 13.4. The third-order valence-corrected chi connectivity index (χ3v) is 4.71. The summed E-state index contributed by atoms with van der Waals surface area (Å²) in [7, 11) is 0. The summed E-state index contributed by atoms with van der Waals surface area (Å²) in [4.78, 5) is 4.31. The molecule has 0 bridgehead atoms. The van der Waals surface area contributed by atoms with Crippen LogP contribution in [0.1, 0.15) is 43.2 Å². The van der Waals surface area contributed by atoms with Crippen LogP contribution in [0.3, 0.4) is 0 Å². The van der Waals surface area contributed by atoms with E-state index in [1.807, 2.05) is 0 Å². The van der Waals surface area contributed by atoms with E-state index in [0.717, 1.165) is 23.8 Å². The van der Waals surface area contributed by atoms with E-state index in [2.05, 4.69) is 29.3 Å². The molecule has 4 rings (SSSR count). The van der Waals surface area contributed by atoms with Gasteiger partial charge in [-0.2, -0.15) is 0 Å². The van der Waals surface area contributed by atoms with Gasteiger partial charge in [0.2, 0.25) is 5.89 Å². The summed E-state index contributed by atoms with van der Waals surface area (Å²) in [6.45, 7) is 0. The second-order valence-corrected chi connectivity index (χ2v) is 5.95. The van der Waals surface area contributed by atoms with E-state index in [-0.39, 0.29) is 0 Å². The lowest BCUT2D eigenvalue weighted by Crippen LogP contribution is -2.08. The van der Waals surface area contributed by atoms with Gasteiger partial charge in [-0.15, -0.1) is 0 Å². The first-order valence-electron chi connectivity index (χ1n) is 7.64. The SMILES string of the molecule is C1=C(C2CCCCC2)Cc2cccc(-c3ncco3)c21. The van der Waals surface area contributed by atoms with Crippen molar-refractivity contribution in [2.45, 2.75) is 38.5 Å². The molecule has 1 saturated carbocycles. The maximum absolute atomic E-state index is 5.49. The lowest BCUT2D eigenvalue weighted by molar-refractivity contribution is 0.401. The van der Waals surface area contributed by atoms with Gasteiger partial charge in [0.15, 0.2) is 0 Å². The molecule has 20 heavy (non-hydrogen) atoms. The lowest BCUT2D eigenvalue weighted by atomic mass is 9.83. The molecule has 1 aromatic heterocycles. The average molecular weight is 265 g/mol. The molecule has 0 amide bonds. The highest BCUT2D eigenvalue weighted by atomic mass is 16.3. The van der Waals surface area contributed by atoms with Gasteiger partial charge in [-0.1, -0.05) is 43.0 Å². The first-order chi connectivity index (χ1) is 9.92. The fraction of sp³-hybridized carbons (Fsp3) is 0.389. The molecule has 0 spiro atoms. The van der Waals surface area contributed by atoms with Crippen molar-refractivity contribution in [3.8, 4) is 11.5 Å². The molecule has 1 aromatic carbocycles. The third kappa shape index (κ3) is 2.00. The number of allylic oxidation sites excluding steroid dienone is 1. The molecule has 102 valence electrons. The Kier molecular flexibility index (Phi) is 2.95. The normalized spacial score (nSPS) is 18.9. The minimum Gasteiger partial charge on any atom is -0.445 e. The van der Waals surface area contributed by atoms with Crippen molar-refractivity contribution in [2.24, 2.45) is 5.92 Å². The van der Waals surface area contributed by atoms with Gasteiger partial charge in [-0.3, -0.25) is 0 Å². The van der Waals surface area contributed by atoms with Gasteiger partial charge in [0.25, 0.3) is 0 Å². The van der Waals surface area contributed by atoms with Crippen molar-refractivity contribution < 1.29 is 4.42 Å². The molecule has 2 aromatic rings. The number of hydrogen-bond donors (Lipinski definition) is 0. The first kappa shape index (κ1) is 12.0. The quantitative estimate of drug-likeness (QED) is 0.775. The van der Waals surface area contributed by atoms with Crippen LogP contribution in [-0.4, -0.2) is 4.98 Å². The Labute approximate surface area is 119 Å². The number of fused-ring (bicyclic) bond motifs is 1. The number of benzene rings is 1. The van der Waals surface area contributed by atoms with E-state index in [4.69, 9.17) is 4.42 Å². The van der Waals surface area contributed by atoms with Gasteiger partial charge in [-0.25, -0.2) is 4.98 Å². The maximum Gasteiger partial charge on any atom is 0.226 e. The van der Waals surface area contributed by atoms with Crippen LogP contribution in [-0.2, 0) is 6.42 Å². The van der Waals surface area contributed by atoms with E-state index >= 15 is 0 Å². The largest absolute Gasteiger partial charge is 0.445 e. The van der Waals surface area contributed by atoms with Crippen molar-refractivity contribution >= 4 is 6.08 Å². The standard InChI is InChI=1S/C18H19NO/c1-2-5-13(6-3-1)15-11-14-7-4-8-16(17(14)12-15)18-19-9-10-20-18/h4,7-10,12-13H,1-3,5-6,11H2. The van der Waals surface area contributed by atoms with E-state index < -0.39 is 0 Å². The van der Waals surface area contributed by atoms with Crippen molar-refractivity contribution in [1.29, 1.82) is 0 Å².